The number of morpholine rings is 1. The highest BCUT2D eigenvalue weighted by Gasteiger charge is 2.35. The van der Waals surface area contributed by atoms with Crippen LogP contribution in [-0.2, 0) is 9.53 Å². The van der Waals surface area contributed by atoms with Gasteiger partial charge in [-0.1, -0.05) is 29.8 Å². The molecule has 2 aromatic heterocycles. The molecule has 0 spiro atoms. The molecule has 1 aromatic carbocycles. The summed E-state index contributed by atoms with van der Waals surface area (Å²) >= 11 is 7.70. The second-order valence-corrected chi connectivity index (χ2v) is 10.1. The third-order valence-electron chi connectivity index (χ3n) is 6.36. The Labute approximate surface area is 218 Å². The summed E-state index contributed by atoms with van der Waals surface area (Å²) < 4.78 is 10.8. The second kappa shape index (κ2) is 11.4. The van der Waals surface area contributed by atoms with Gasteiger partial charge in [0.1, 0.15) is 6.54 Å². The van der Waals surface area contributed by atoms with E-state index >= 15 is 0 Å². The number of amides is 2. The predicted molar refractivity (Wildman–Crippen MR) is 138 cm³/mol. The lowest BCUT2D eigenvalue weighted by atomic mass is 10.0. The van der Waals surface area contributed by atoms with E-state index in [1.165, 1.54) is 11.3 Å². The molecule has 1 fully saturated rings. The Balaban J connectivity index is 1.37. The van der Waals surface area contributed by atoms with E-state index in [1.807, 2.05) is 41.8 Å². The van der Waals surface area contributed by atoms with Gasteiger partial charge >= 0.3 is 0 Å². The predicted octanol–water partition coefficient (Wildman–Crippen LogP) is 4.15. The fourth-order valence-electron chi connectivity index (χ4n) is 4.41. The average molecular weight is 527 g/mol. The molecule has 10 heteroatoms. The van der Waals surface area contributed by atoms with Gasteiger partial charge in [0, 0.05) is 37.6 Å². The largest absolute Gasteiger partial charge is 0.459 e. The maximum atomic E-state index is 13.7. The van der Waals surface area contributed by atoms with Gasteiger partial charge in [0.15, 0.2) is 5.76 Å². The summed E-state index contributed by atoms with van der Waals surface area (Å²) in [6.45, 7) is 3.88. The van der Waals surface area contributed by atoms with Crippen molar-refractivity contribution in [2.24, 2.45) is 5.10 Å². The molecule has 1 saturated heterocycles. The summed E-state index contributed by atoms with van der Waals surface area (Å²) in [6, 6.07) is 14.5. The fraction of sp³-hybridized carbons (Fsp3) is 0.346. The van der Waals surface area contributed by atoms with Crippen LogP contribution in [0.1, 0.15) is 33.5 Å². The van der Waals surface area contributed by atoms with E-state index in [-0.39, 0.29) is 30.2 Å². The van der Waals surface area contributed by atoms with Crippen LogP contribution in [0.25, 0.3) is 0 Å². The number of thiophene rings is 1. The van der Waals surface area contributed by atoms with Crippen LogP contribution in [0.2, 0.25) is 5.02 Å². The first kappa shape index (κ1) is 24.7. The number of benzene rings is 1. The van der Waals surface area contributed by atoms with Gasteiger partial charge < -0.3 is 14.1 Å². The number of hydrogen-bond acceptors (Lipinski definition) is 7. The number of carbonyl (C=O) groups excluding carboxylic acids is 2. The molecule has 0 N–H and O–H groups in total. The van der Waals surface area contributed by atoms with Crippen molar-refractivity contribution in [3.05, 3.63) is 81.4 Å². The summed E-state index contributed by atoms with van der Waals surface area (Å²) in [5, 5.41) is 8.88. The molecule has 188 valence electrons. The lowest BCUT2D eigenvalue weighted by molar-refractivity contribution is -0.133. The molecule has 0 aliphatic carbocycles. The minimum atomic E-state index is -0.314. The van der Waals surface area contributed by atoms with E-state index in [1.54, 1.807) is 28.4 Å². The quantitative estimate of drug-likeness (QED) is 0.440. The zero-order valence-electron chi connectivity index (χ0n) is 19.7. The Morgan fingerprint density at radius 3 is 2.61 bits per heavy atom. The topological polar surface area (TPSA) is 78.6 Å². The second-order valence-electron chi connectivity index (χ2n) is 8.69. The molecular formula is C26H27ClN4O4S. The van der Waals surface area contributed by atoms with Gasteiger partial charge in [-0.25, -0.2) is 5.01 Å². The highest BCUT2D eigenvalue weighted by Crippen LogP contribution is 2.34. The van der Waals surface area contributed by atoms with Crippen LogP contribution in [0.3, 0.4) is 0 Å². The summed E-state index contributed by atoms with van der Waals surface area (Å²) in [4.78, 5) is 31.7. The Hall–Kier alpha value is -2.98. The van der Waals surface area contributed by atoms with Crippen molar-refractivity contribution in [3.63, 3.8) is 0 Å². The van der Waals surface area contributed by atoms with Crippen LogP contribution < -0.4 is 0 Å². The number of hydrazone groups is 1. The summed E-state index contributed by atoms with van der Waals surface area (Å²) in [5.74, 6) is -0.349. The molecule has 1 atom stereocenters. The Bertz CT molecular complexity index is 1190. The molecular weight excluding hydrogens is 500 g/mol. The zero-order chi connectivity index (χ0) is 24.9. The van der Waals surface area contributed by atoms with Gasteiger partial charge in [-0.2, -0.15) is 5.10 Å². The smallest absolute Gasteiger partial charge is 0.290 e. The van der Waals surface area contributed by atoms with Gasteiger partial charge in [-0.3, -0.25) is 14.5 Å². The van der Waals surface area contributed by atoms with Crippen LogP contribution in [0.15, 0.2) is 69.7 Å². The summed E-state index contributed by atoms with van der Waals surface area (Å²) in [6.07, 6.45) is 2.05. The number of carbonyl (C=O) groups is 2. The van der Waals surface area contributed by atoms with Crippen LogP contribution in [0.5, 0.6) is 0 Å². The molecule has 5 rings (SSSR count). The van der Waals surface area contributed by atoms with Crippen LogP contribution >= 0.6 is 22.9 Å². The van der Waals surface area contributed by atoms with Crippen LogP contribution in [-0.4, -0.2) is 78.3 Å². The molecule has 0 radical (unpaired) electrons. The van der Waals surface area contributed by atoms with Gasteiger partial charge in [0.25, 0.3) is 11.8 Å². The fourth-order valence-corrected chi connectivity index (χ4v) is 5.25. The highest BCUT2D eigenvalue weighted by atomic mass is 35.5. The number of nitrogens with zero attached hydrogens (tertiary/aromatic N) is 4. The van der Waals surface area contributed by atoms with Gasteiger partial charge in [0.05, 0.1) is 36.1 Å². The number of furan rings is 1. The molecule has 0 saturated carbocycles. The van der Waals surface area contributed by atoms with E-state index in [2.05, 4.69) is 4.90 Å². The average Bonchev–Trinajstić information content (AvgIpc) is 3.69. The maximum absolute atomic E-state index is 13.7. The monoisotopic (exact) mass is 526 g/mol. The Morgan fingerprint density at radius 1 is 1.11 bits per heavy atom. The Morgan fingerprint density at radius 2 is 1.92 bits per heavy atom. The van der Waals surface area contributed by atoms with Crippen molar-refractivity contribution >= 4 is 40.5 Å². The normalized spacial score (nSPS) is 18.3. The number of rotatable bonds is 8. The van der Waals surface area contributed by atoms with Crippen molar-refractivity contribution < 1.29 is 18.7 Å². The first-order valence-electron chi connectivity index (χ1n) is 11.9. The Kier molecular flexibility index (Phi) is 7.81. The first-order valence-corrected chi connectivity index (χ1v) is 13.2. The summed E-state index contributed by atoms with van der Waals surface area (Å²) in [5.41, 5.74) is 1.80. The van der Waals surface area contributed by atoms with Gasteiger partial charge in [0.2, 0.25) is 0 Å². The molecule has 0 bridgehead atoms. The first-order chi connectivity index (χ1) is 17.6. The minimum Gasteiger partial charge on any atom is -0.459 e. The van der Waals surface area contributed by atoms with E-state index in [0.29, 0.717) is 37.7 Å². The number of ether oxygens (including phenoxy) is 1. The van der Waals surface area contributed by atoms with E-state index in [4.69, 9.17) is 25.9 Å². The van der Waals surface area contributed by atoms with Gasteiger partial charge in [-0.05, 0) is 41.3 Å². The van der Waals surface area contributed by atoms with Crippen LogP contribution in [0, 0.1) is 0 Å². The molecule has 3 aromatic rings. The SMILES string of the molecule is O=C(c1ccco1)N(CCN1CCOCC1)CC(=O)N1N=C(c2cccs2)C[C@@H]1c1ccc(Cl)cc1. The van der Waals surface area contributed by atoms with Crippen molar-refractivity contribution in [1.82, 2.24) is 14.8 Å². The lowest BCUT2D eigenvalue weighted by Gasteiger charge is -2.30. The van der Waals surface area contributed by atoms with Crippen LogP contribution in [0.4, 0.5) is 0 Å². The molecule has 0 unspecified atom stereocenters. The van der Waals surface area contributed by atoms with Crippen molar-refractivity contribution in [1.29, 1.82) is 0 Å². The molecule has 4 heterocycles. The van der Waals surface area contributed by atoms with Crippen molar-refractivity contribution in [2.75, 3.05) is 45.9 Å². The lowest BCUT2D eigenvalue weighted by Crippen LogP contribution is -2.46. The third-order valence-corrected chi connectivity index (χ3v) is 7.53. The van der Waals surface area contributed by atoms with Crippen molar-refractivity contribution in [2.45, 2.75) is 12.5 Å². The number of hydrogen-bond donors (Lipinski definition) is 0. The highest BCUT2D eigenvalue weighted by molar-refractivity contribution is 7.12. The standard InChI is InChI=1S/C26H27ClN4O4S/c27-20-7-5-19(6-8-20)22-17-21(24-4-2-16-36-24)28-31(22)25(32)18-30(26(33)23-3-1-13-35-23)10-9-29-11-14-34-15-12-29/h1-8,13,16,22H,9-12,14-15,17-18H2/t22-/m1/s1. The van der Waals surface area contributed by atoms with Crippen molar-refractivity contribution in [3.8, 4) is 0 Å². The maximum Gasteiger partial charge on any atom is 0.290 e. The molecule has 8 nitrogen and oxygen atoms in total. The number of halogens is 1. The third kappa shape index (κ3) is 5.70. The molecule has 2 amide bonds. The minimum absolute atomic E-state index is 0.102. The van der Waals surface area contributed by atoms with Gasteiger partial charge in [-0.15, -0.1) is 11.3 Å². The molecule has 2 aliphatic rings. The summed E-state index contributed by atoms with van der Waals surface area (Å²) in [7, 11) is 0. The van der Waals surface area contributed by atoms with E-state index in [9.17, 15) is 9.59 Å². The van der Waals surface area contributed by atoms with E-state index < -0.39 is 0 Å². The zero-order valence-corrected chi connectivity index (χ0v) is 21.3. The van der Waals surface area contributed by atoms with E-state index in [0.717, 1.165) is 29.2 Å². The molecule has 2 aliphatic heterocycles. The molecule has 36 heavy (non-hydrogen) atoms.